The summed E-state index contributed by atoms with van der Waals surface area (Å²) < 4.78 is 18.5. The summed E-state index contributed by atoms with van der Waals surface area (Å²) in [5, 5.41) is 45.2. The van der Waals surface area contributed by atoms with Crippen molar-refractivity contribution in [1.29, 1.82) is 0 Å². The molecule has 32 heavy (non-hydrogen) atoms. The number of aromatic hydroxyl groups is 3. The number of carbonyl (C=O) groups excluding carboxylic acids is 1. The molecule has 0 saturated heterocycles. The van der Waals surface area contributed by atoms with Gasteiger partial charge in [0.15, 0.2) is 23.1 Å². The summed E-state index contributed by atoms with van der Waals surface area (Å²) in [6.45, 7) is 0. The first kappa shape index (κ1) is 21.2. The van der Waals surface area contributed by atoms with Crippen molar-refractivity contribution in [2.45, 2.75) is 32.1 Å². The predicted molar refractivity (Wildman–Crippen MR) is 108 cm³/mol. The molecule has 0 atom stereocenters. The van der Waals surface area contributed by atoms with Crippen LogP contribution in [0.2, 0.25) is 0 Å². The van der Waals surface area contributed by atoms with Gasteiger partial charge in [-0.25, -0.2) is 4.39 Å². The van der Waals surface area contributed by atoms with Crippen LogP contribution in [-0.4, -0.2) is 36.2 Å². The monoisotopic (exact) mass is 443 g/mol. The zero-order chi connectivity index (χ0) is 23.0. The number of rotatable bonds is 5. The Morgan fingerprint density at radius 2 is 1.84 bits per heavy atom. The van der Waals surface area contributed by atoms with Crippen molar-refractivity contribution in [2.24, 2.45) is 5.92 Å². The van der Waals surface area contributed by atoms with Gasteiger partial charge in [0.25, 0.3) is 5.89 Å². The molecular formula is C21H18FN3O7. The van der Waals surface area contributed by atoms with Gasteiger partial charge >= 0.3 is 5.69 Å². The van der Waals surface area contributed by atoms with Crippen LogP contribution in [0.15, 0.2) is 28.8 Å². The third kappa shape index (κ3) is 3.72. The van der Waals surface area contributed by atoms with Crippen LogP contribution in [0.4, 0.5) is 10.1 Å². The number of Topliss-reactive ketones (excluding diaryl/α,β-unsaturated/α-hetero) is 1. The quantitative estimate of drug-likeness (QED) is 0.226. The maximum Gasteiger partial charge on any atom is 0.326 e. The number of nitrogens with zero attached hydrogens (tertiary/aromatic N) is 3. The van der Waals surface area contributed by atoms with Gasteiger partial charge in [0.05, 0.1) is 10.5 Å². The third-order valence-electron chi connectivity index (χ3n) is 5.52. The number of nitro groups is 1. The number of ketones is 1. The highest BCUT2D eigenvalue weighted by Crippen LogP contribution is 2.45. The van der Waals surface area contributed by atoms with Crippen LogP contribution in [0, 0.1) is 21.8 Å². The molecule has 10 nitrogen and oxygen atoms in total. The summed E-state index contributed by atoms with van der Waals surface area (Å²) >= 11 is 0. The molecule has 1 aliphatic rings. The van der Waals surface area contributed by atoms with E-state index in [1.165, 1.54) is 6.07 Å². The minimum Gasteiger partial charge on any atom is -0.505 e. The Balaban J connectivity index is 1.87. The highest BCUT2D eigenvalue weighted by atomic mass is 19.1. The number of carbonyl (C=O) groups is 1. The van der Waals surface area contributed by atoms with Crippen LogP contribution >= 0.6 is 0 Å². The lowest BCUT2D eigenvalue weighted by Gasteiger charge is -2.21. The third-order valence-corrected chi connectivity index (χ3v) is 5.52. The molecule has 0 unspecified atom stereocenters. The molecule has 0 bridgehead atoms. The molecule has 2 aromatic carbocycles. The van der Waals surface area contributed by atoms with Crippen molar-refractivity contribution >= 4 is 11.5 Å². The van der Waals surface area contributed by atoms with Gasteiger partial charge in [0, 0.05) is 11.5 Å². The number of phenolic OH excluding ortho intramolecular Hbond substituents is 3. The van der Waals surface area contributed by atoms with Crippen LogP contribution in [0.3, 0.4) is 0 Å². The fraction of sp³-hybridized carbons (Fsp3) is 0.286. The summed E-state index contributed by atoms with van der Waals surface area (Å²) in [6.07, 6.45) is 3.63. The molecule has 4 rings (SSSR count). The maximum atomic E-state index is 13.3. The Bertz CT molecular complexity index is 1220. The van der Waals surface area contributed by atoms with Crippen LogP contribution < -0.4 is 0 Å². The van der Waals surface area contributed by atoms with E-state index in [1.54, 1.807) is 0 Å². The van der Waals surface area contributed by atoms with Crippen molar-refractivity contribution in [3.63, 3.8) is 0 Å². The van der Waals surface area contributed by atoms with Crippen LogP contribution in [-0.2, 0) is 0 Å². The molecule has 1 saturated carbocycles. The van der Waals surface area contributed by atoms with Gasteiger partial charge in [-0.2, -0.15) is 4.98 Å². The average Bonchev–Trinajstić information content (AvgIpc) is 3.27. The van der Waals surface area contributed by atoms with Gasteiger partial charge in [-0.1, -0.05) is 24.4 Å². The van der Waals surface area contributed by atoms with Crippen molar-refractivity contribution in [3.8, 4) is 40.1 Å². The molecule has 166 valence electrons. The number of halogens is 1. The van der Waals surface area contributed by atoms with Crippen molar-refractivity contribution < 1.29 is 34.0 Å². The van der Waals surface area contributed by atoms with E-state index in [1.807, 2.05) is 0 Å². The molecule has 3 N–H and O–H groups in total. The summed E-state index contributed by atoms with van der Waals surface area (Å²) in [4.78, 5) is 28.2. The number of hydrogen-bond acceptors (Lipinski definition) is 9. The fourth-order valence-corrected chi connectivity index (χ4v) is 3.91. The lowest BCUT2D eigenvalue weighted by atomic mass is 9.82. The molecular weight excluding hydrogens is 425 g/mol. The van der Waals surface area contributed by atoms with E-state index in [4.69, 9.17) is 4.52 Å². The summed E-state index contributed by atoms with van der Waals surface area (Å²) in [5.41, 5.74) is -1.37. The van der Waals surface area contributed by atoms with Crippen molar-refractivity contribution in [2.75, 3.05) is 0 Å². The second-order valence-corrected chi connectivity index (χ2v) is 7.56. The molecule has 3 aromatic rings. The van der Waals surface area contributed by atoms with Crippen LogP contribution in [0.1, 0.15) is 42.5 Å². The number of nitro benzene ring substituents is 1. The molecule has 0 amide bonds. The SMILES string of the molecule is O=C(c1c(-c2nc(-c3ccc(F)c(O)c3)no2)cc(O)c(O)c1[N+](=O)[O-])C1CCCCC1. The molecule has 1 aliphatic carbocycles. The maximum absolute atomic E-state index is 13.3. The van der Waals surface area contributed by atoms with Gasteiger partial charge < -0.3 is 19.8 Å². The molecule has 1 fully saturated rings. The Morgan fingerprint density at radius 1 is 1.12 bits per heavy atom. The molecule has 0 spiro atoms. The molecule has 11 heteroatoms. The van der Waals surface area contributed by atoms with E-state index in [9.17, 15) is 34.6 Å². The first-order chi connectivity index (χ1) is 15.3. The molecule has 0 radical (unpaired) electrons. The van der Waals surface area contributed by atoms with Crippen LogP contribution in [0.5, 0.6) is 17.2 Å². The topological polar surface area (TPSA) is 160 Å². The largest absolute Gasteiger partial charge is 0.505 e. The first-order valence-corrected chi connectivity index (χ1v) is 9.88. The number of benzene rings is 2. The van der Waals surface area contributed by atoms with Gasteiger partial charge in [0.1, 0.15) is 5.56 Å². The van der Waals surface area contributed by atoms with E-state index in [0.717, 1.165) is 37.5 Å². The summed E-state index contributed by atoms with van der Waals surface area (Å²) in [5.74, 6) is -4.78. The van der Waals surface area contributed by atoms with E-state index in [2.05, 4.69) is 10.1 Å². The van der Waals surface area contributed by atoms with E-state index in [-0.39, 0.29) is 22.8 Å². The standard InChI is InChI=1S/C21H18FN3O7/c22-13-7-6-11(8-14(13)26)20-23-21(32-24-20)12-9-15(27)19(29)17(25(30)31)16(12)18(28)10-4-2-1-3-5-10/h6-10,26-27,29H,1-5H2. The molecule has 0 aliphatic heterocycles. The van der Waals surface area contributed by atoms with Gasteiger partial charge in [-0.05, 0) is 37.1 Å². The number of hydrogen-bond donors (Lipinski definition) is 3. The van der Waals surface area contributed by atoms with E-state index < -0.39 is 50.9 Å². The second kappa shape index (κ2) is 8.25. The van der Waals surface area contributed by atoms with Crippen molar-refractivity contribution in [3.05, 3.63) is 45.8 Å². The smallest absolute Gasteiger partial charge is 0.326 e. The first-order valence-electron chi connectivity index (χ1n) is 9.88. The van der Waals surface area contributed by atoms with Crippen LogP contribution in [0.25, 0.3) is 22.8 Å². The van der Waals surface area contributed by atoms with Gasteiger partial charge in [-0.15, -0.1) is 0 Å². The summed E-state index contributed by atoms with van der Waals surface area (Å²) in [7, 11) is 0. The Labute approximate surface area is 180 Å². The van der Waals surface area contributed by atoms with E-state index in [0.29, 0.717) is 12.8 Å². The summed E-state index contributed by atoms with van der Waals surface area (Å²) in [6, 6.07) is 4.30. The lowest BCUT2D eigenvalue weighted by Crippen LogP contribution is -2.20. The molecule has 1 aromatic heterocycles. The highest BCUT2D eigenvalue weighted by Gasteiger charge is 2.37. The average molecular weight is 443 g/mol. The zero-order valence-electron chi connectivity index (χ0n) is 16.6. The van der Waals surface area contributed by atoms with E-state index >= 15 is 0 Å². The van der Waals surface area contributed by atoms with Gasteiger partial charge in [-0.3, -0.25) is 14.9 Å². The predicted octanol–water partition coefficient (Wildman–Crippen LogP) is 4.33. The highest BCUT2D eigenvalue weighted by molar-refractivity contribution is 6.08. The molecule has 1 heterocycles. The second-order valence-electron chi connectivity index (χ2n) is 7.56. The fourth-order valence-electron chi connectivity index (χ4n) is 3.91. The Morgan fingerprint density at radius 3 is 2.50 bits per heavy atom. The van der Waals surface area contributed by atoms with Gasteiger partial charge in [0.2, 0.25) is 11.6 Å². The minimum absolute atomic E-state index is 0.0819. The lowest BCUT2D eigenvalue weighted by molar-refractivity contribution is -0.386. The Hall–Kier alpha value is -4.02. The number of aromatic nitrogens is 2. The number of phenols is 3. The minimum atomic E-state index is -1.03. The zero-order valence-corrected chi connectivity index (χ0v) is 16.6. The van der Waals surface area contributed by atoms with Crippen molar-refractivity contribution in [1.82, 2.24) is 10.1 Å². The normalized spacial score (nSPS) is 14.4. The Kier molecular flexibility index (Phi) is 5.47.